The van der Waals surface area contributed by atoms with Crippen LogP contribution in [0.3, 0.4) is 0 Å². The van der Waals surface area contributed by atoms with E-state index in [1.54, 1.807) is 61.7 Å². The molecule has 3 aromatic carbocycles. The van der Waals surface area contributed by atoms with Gasteiger partial charge in [0.25, 0.3) is 0 Å². The van der Waals surface area contributed by atoms with Crippen LogP contribution in [0.2, 0.25) is 0 Å². The van der Waals surface area contributed by atoms with Crippen LogP contribution in [0.4, 0.5) is 0 Å². The Morgan fingerprint density at radius 1 is 0.867 bits per heavy atom. The van der Waals surface area contributed by atoms with E-state index in [1.807, 2.05) is 12.1 Å². The van der Waals surface area contributed by atoms with E-state index in [0.29, 0.717) is 22.6 Å². The van der Waals surface area contributed by atoms with Crippen molar-refractivity contribution >= 4 is 17.8 Å². The predicted octanol–water partition coefficient (Wildman–Crippen LogP) is 4.54. The Morgan fingerprint density at radius 3 is 2.33 bits per heavy atom. The second-order valence-corrected chi connectivity index (χ2v) is 6.49. The first-order chi connectivity index (χ1) is 14.6. The van der Waals surface area contributed by atoms with Gasteiger partial charge in [0.05, 0.1) is 25.3 Å². The molecule has 6 nitrogen and oxygen atoms in total. The summed E-state index contributed by atoms with van der Waals surface area (Å²) in [6, 6.07) is 18.6. The zero-order valence-electron chi connectivity index (χ0n) is 16.4. The number of rotatable bonds is 5. The number of hydrogen-bond donors (Lipinski definition) is 0. The summed E-state index contributed by atoms with van der Waals surface area (Å²) in [6.45, 7) is 0. The zero-order chi connectivity index (χ0) is 21.1. The van der Waals surface area contributed by atoms with E-state index in [0.717, 1.165) is 11.3 Å². The van der Waals surface area contributed by atoms with Crippen LogP contribution in [-0.4, -0.2) is 26.0 Å². The molecule has 0 unspecified atom stereocenters. The summed E-state index contributed by atoms with van der Waals surface area (Å²) in [5.41, 5.74) is 1.57. The van der Waals surface area contributed by atoms with Crippen LogP contribution in [0.25, 0.3) is 6.08 Å². The van der Waals surface area contributed by atoms with E-state index in [4.69, 9.17) is 18.9 Å². The molecule has 1 heterocycles. The smallest absolute Gasteiger partial charge is 0.343 e. The third-order valence-corrected chi connectivity index (χ3v) is 4.57. The molecule has 0 atom stereocenters. The Bertz CT molecular complexity index is 1140. The van der Waals surface area contributed by atoms with Gasteiger partial charge in [0, 0.05) is 6.07 Å². The van der Waals surface area contributed by atoms with Crippen molar-refractivity contribution in [3.05, 3.63) is 89.2 Å². The molecule has 150 valence electrons. The van der Waals surface area contributed by atoms with Crippen molar-refractivity contribution in [2.45, 2.75) is 0 Å². The van der Waals surface area contributed by atoms with Crippen molar-refractivity contribution in [1.29, 1.82) is 0 Å². The number of ketones is 1. The summed E-state index contributed by atoms with van der Waals surface area (Å²) in [6.07, 6.45) is 1.66. The summed E-state index contributed by atoms with van der Waals surface area (Å²) in [4.78, 5) is 25.0. The van der Waals surface area contributed by atoms with E-state index in [2.05, 4.69) is 0 Å². The van der Waals surface area contributed by atoms with Crippen LogP contribution >= 0.6 is 0 Å². The molecule has 0 radical (unpaired) electrons. The SMILES string of the molecule is COc1ccc(C=C2Oc3cc(OC(=O)c4cccc(OC)c4)ccc3C2=O)cc1. The molecule has 0 saturated carbocycles. The lowest BCUT2D eigenvalue weighted by molar-refractivity contribution is 0.0734. The molecule has 30 heavy (non-hydrogen) atoms. The van der Waals surface area contributed by atoms with Crippen LogP contribution in [0.5, 0.6) is 23.0 Å². The highest BCUT2D eigenvalue weighted by Crippen LogP contribution is 2.35. The van der Waals surface area contributed by atoms with E-state index in [1.165, 1.54) is 13.2 Å². The Hall–Kier alpha value is -4.06. The fourth-order valence-electron chi connectivity index (χ4n) is 3.00. The van der Waals surface area contributed by atoms with Gasteiger partial charge in [-0.15, -0.1) is 0 Å². The van der Waals surface area contributed by atoms with Gasteiger partial charge >= 0.3 is 5.97 Å². The molecule has 0 aromatic heterocycles. The maximum Gasteiger partial charge on any atom is 0.343 e. The normalized spacial score (nSPS) is 13.5. The van der Waals surface area contributed by atoms with Crippen molar-refractivity contribution in [3.63, 3.8) is 0 Å². The maximum atomic E-state index is 12.6. The minimum Gasteiger partial charge on any atom is -0.497 e. The minimum atomic E-state index is -0.535. The lowest BCUT2D eigenvalue weighted by Gasteiger charge is -2.07. The average Bonchev–Trinajstić information content (AvgIpc) is 3.08. The van der Waals surface area contributed by atoms with Gasteiger partial charge in [-0.2, -0.15) is 0 Å². The standard InChI is InChI=1S/C24H18O6/c1-27-17-8-6-15(7-9-17)12-22-23(25)20-11-10-19(14-21(20)30-22)29-24(26)16-4-3-5-18(13-16)28-2/h3-14H,1-2H3. The topological polar surface area (TPSA) is 71.1 Å². The van der Waals surface area contributed by atoms with E-state index in [-0.39, 0.29) is 17.3 Å². The molecule has 3 aromatic rings. The molecule has 0 bridgehead atoms. The van der Waals surface area contributed by atoms with Crippen LogP contribution in [-0.2, 0) is 0 Å². The van der Waals surface area contributed by atoms with Crippen LogP contribution < -0.4 is 18.9 Å². The Kier molecular flexibility index (Phi) is 5.22. The number of benzene rings is 3. The maximum absolute atomic E-state index is 12.6. The van der Waals surface area contributed by atoms with Gasteiger partial charge in [0.15, 0.2) is 5.76 Å². The number of carbonyl (C=O) groups is 2. The van der Waals surface area contributed by atoms with E-state index < -0.39 is 5.97 Å². The highest BCUT2D eigenvalue weighted by Gasteiger charge is 2.28. The quantitative estimate of drug-likeness (QED) is 0.355. The van der Waals surface area contributed by atoms with Gasteiger partial charge in [-0.3, -0.25) is 4.79 Å². The van der Waals surface area contributed by atoms with Crippen molar-refractivity contribution < 1.29 is 28.5 Å². The Balaban J connectivity index is 1.52. The zero-order valence-corrected chi connectivity index (χ0v) is 16.4. The van der Waals surface area contributed by atoms with Gasteiger partial charge in [-0.1, -0.05) is 18.2 Å². The summed E-state index contributed by atoms with van der Waals surface area (Å²) < 4.78 is 21.4. The largest absolute Gasteiger partial charge is 0.497 e. The third kappa shape index (κ3) is 3.89. The number of allylic oxidation sites excluding steroid dienone is 1. The average molecular weight is 402 g/mol. The molecule has 0 saturated heterocycles. The first kappa shape index (κ1) is 19.3. The summed E-state index contributed by atoms with van der Waals surface area (Å²) in [5, 5.41) is 0. The lowest BCUT2D eigenvalue weighted by Crippen LogP contribution is -2.08. The lowest BCUT2D eigenvalue weighted by atomic mass is 10.1. The predicted molar refractivity (Wildman–Crippen MR) is 110 cm³/mol. The van der Waals surface area contributed by atoms with Gasteiger partial charge in [-0.25, -0.2) is 4.79 Å². The number of esters is 1. The monoisotopic (exact) mass is 402 g/mol. The minimum absolute atomic E-state index is 0.200. The van der Waals surface area contributed by atoms with Gasteiger partial charge < -0.3 is 18.9 Å². The van der Waals surface area contributed by atoms with Crippen molar-refractivity contribution in [2.75, 3.05) is 14.2 Å². The summed E-state index contributed by atoms with van der Waals surface area (Å²) in [5.74, 6) is 1.34. The number of Topliss-reactive ketones (excluding diaryl/α,β-unsaturated/α-hetero) is 1. The fourth-order valence-corrected chi connectivity index (χ4v) is 3.00. The third-order valence-electron chi connectivity index (χ3n) is 4.57. The van der Waals surface area contributed by atoms with Gasteiger partial charge in [-0.05, 0) is 54.1 Å². The van der Waals surface area contributed by atoms with Gasteiger partial charge in [0.2, 0.25) is 5.78 Å². The molecule has 0 spiro atoms. The van der Waals surface area contributed by atoms with Crippen LogP contribution in [0.1, 0.15) is 26.3 Å². The molecule has 0 amide bonds. The molecule has 0 aliphatic carbocycles. The Morgan fingerprint density at radius 2 is 1.60 bits per heavy atom. The number of ether oxygens (including phenoxy) is 4. The second kappa shape index (κ2) is 8.13. The molecule has 1 aliphatic heterocycles. The molecule has 1 aliphatic rings. The fraction of sp³-hybridized carbons (Fsp3) is 0.0833. The summed E-state index contributed by atoms with van der Waals surface area (Å²) in [7, 11) is 3.11. The number of methoxy groups -OCH3 is 2. The molecule has 0 fully saturated rings. The summed E-state index contributed by atoms with van der Waals surface area (Å²) >= 11 is 0. The highest BCUT2D eigenvalue weighted by molar-refractivity contribution is 6.14. The second-order valence-electron chi connectivity index (χ2n) is 6.49. The molecule has 6 heteroatoms. The van der Waals surface area contributed by atoms with Crippen molar-refractivity contribution in [1.82, 2.24) is 0 Å². The number of hydrogen-bond acceptors (Lipinski definition) is 6. The molecule has 0 N–H and O–H groups in total. The number of fused-ring (bicyclic) bond motifs is 1. The molecule has 4 rings (SSSR count). The van der Waals surface area contributed by atoms with Gasteiger partial charge in [0.1, 0.15) is 23.0 Å². The van der Waals surface area contributed by atoms with Crippen molar-refractivity contribution in [3.8, 4) is 23.0 Å². The van der Waals surface area contributed by atoms with Crippen molar-refractivity contribution in [2.24, 2.45) is 0 Å². The highest BCUT2D eigenvalue weighted by atomic mass is 16.5. The van der Waals surface area contributed by atoms with E-state index in [9.17, 15) is 9.59 Å². The molecular formula is C24H18O6. The van der Waals surface area contributed by atoms with Crippen LogP contribution in [0.15, 0.2) is 72.5 Å². The van der Waals surface area contributed by atoms with Crippen LogP contribution in [0, 0.1) is 0 Å². The first-order valence-corrected chi connectivity index (χ1v) is 9.16. The molecular weight excluding hydrogens is 384 g/mol. The Labute approximate surface area is 173 Å². The number of carbonyl (C=O) groups excluding carboxylic acids is 2. The van der Waals surface area contributed by atoms with E-state index >= 15 is 0 Å². The first-order valence-electron chi connectivity index (χ1n) is 9.16.